The first kappa shape index (κ1) is 18.8. The molecule has 1 aromatic carbocycles. The summed E-state index contributed by atoms with van der Waals surface area (Å²) in [6.45, 7) is 1.17. The third kappa shape index (κ3) is 4.50. The first-order valence-corrected chi connectivity index (χ1v) is 7.36. The maximum Gasteiger partial charge on any atom is 0.339 e. The number of nitro groups is 1. The van der Waals surface area contributed by atoms with Crippen LogP contribution in [-0.4, -0.2) is 35.6 Å². The van der Waals surface area contributed by atoms with E-state index >= 15 is 0 Å². The van der Waals surface area contributed by atoms with Gasteiger partial charge in [-0.3, -0.25) is 14.9 Å². The topological polar surface area (TPSA) is 141 Å². The monoisotopic (exact) mass is 364 g/mol. The van der Waals surface area contributed by atoms with Crippen LogP contribution in [0.5, 0.6) is 11.5 Å². The van der Waals surface area contributed by atoms with Crippen LogP contribution in [0.25, 0.3) is 0 Å². The molecular weight excluding hydrogens is 348 g/mol. The van der Waals surface area contributed by atoms with Crippen molar-refractivity contribution in [2.45, 2.75) is 13.5 Å². The zero-order chi connectivity index (χ0) is 19.3. The molecule has 1 aromatic heterocycles. The van der Waals surface area contributed by atoms with Gasteiger partial charge in [0.25, 0.3) is 5.91 Å². The molecule has 1 heterocycles. The van der Waals surface area contributed by atoms with Crippen molar-refractivity contribution in [3.63, 3.8) is 0 Å². The predicted octanol–water partition coefficient (Wildman–Crippen LogP) is 1.90. The number of aryl methyl sites for hydroxylation is 1. The molecule has 0 radical (unpaired) electrons. The number of carboxylic acid groups (broad SMARTS) is 1. The molecule has 10 nitrogen and oxygen atoms in total. The molecule has 0 spiro atoms. The molecule has 0 saturated carbocycles. The standard InChI is InChI=1S/C16H16N2O8/c1-9-12(16(20)21)5-11(26-9)7-17-15(19)8-25-10-3-4-13(18(22)23)14(6-10)24-2/h3-6H,7-8H2,1-2H3,(H,17,19)(H,20,21). The van der Waals surface area contributed by atoms with Gasteiger partial charge in [0.15, 0.2) is 6.61 Å². The molecule has 0 aliphatic heterocycles. The Bertz CT molecular complexity index is 843. The molecule has 138 valence electrons. The van der Waals surface area contributed by atoms with Crippen LogP contribution in [0.3, 0.4) is 0 Å². The summed E-state index contributed by atoms with van der Waals surface area (Å²) in [6, 6.07) is 5.20. The molecule has 0 bridgehead atoms. The van der Waals surface area contributed by atoms with Gasteiger partial charge in [-0.15, -0.1) is 0 Å². The SMILES string of the molecule is COc1cc(OCC(=O)NCc2cc(C(=O)O)c(C)o2)ccc1[N+](=O)[O-]. The van der Waals surface area contributed by atoms with Crippen molar-refractivity contribution >= 4 is 17.6 Å². The van der Waals surface area contributed by atoms with E-state index in [9.17, 15) is 19.7 Å². The maximum absolute atomic E-state index is 11.8. The maximum atomic E-state index is 11.8. The van der Waals surface area contributed by atoms with Crippen LogP contribution in [0, 0.1) is 17.0 Å². The van der Waals surface area contributed by atoms with Crippen LogP contribution in [0.2, 0.25) is 0 Å². The molecule has 0 atom stereocenters. The van der Waals surface area contributed by atoms with E-state index in [0.717, 1.165) is 0 Å². The highest BCUT2D eigenvalue weighted by atomic mass is 16.6. The number of carboxylic acids is 1. The van der Waals surface area contributed by atoms with Gasteiger partial charge in [0.2, 0.25) is 5.75 Å². The lowest BCUT2D eigenvalue weighted by Crippen LogP contribution is -2.28. The Kier molecular flexibility index (Phi) is 5.78. The van der Waals surface area contributed by atoms with Crippen LogP contribution in [0.4, 0.5) is 5.69 Å². The Labute approximate surface area is 147 Å². The molecule has 0 fully saturated rings. The minimum atomic E-state index is -1.11. The van der Waals surface area contributed by atoms with Gasteiger partial charge in [-0.1, -0.05) is 0 Å². The van der Waals surface area contributed by atoms with Crippen molar-refractivity contribution in [2.24, 2.45) is 0 Å². The van der Waals surface area contributed by atoms with Gasteiger partial charge in [-0.05, 0) is 19.1 Å². The van der Waals surface area contributed by atoms with Gasteiger partial charge >= 0.3 is 11.7 Å². The number of ether oxygens (including phenoxy) is 2. The number of nitrogens with zero attached hydrogens (tertiary/aromatic N) is 1. The average Bonchev–Trinajstić information content (AvgIpc) is 2.98. The van der Waals surface area contributed by atoms with Gasteiger partial charge in [0.1, 0.15) is 22.8 Å². The highest BCUT2D eigenvalue weighted by Gasteiger charge is 2.16. The summed E-state index contributed by atoms with van der Waals surface area (Å²) < 4.78 is 15.4. The number of hydrogen-bond donors (Lipinski definition) is 2. The summed E-state index contributed by atoms with van der Waals surface area (Å²) in [5.41, 5.74) is -0.185. The number of rotatable bonds is 8. The second-order valence-electron chi connectivity index (χ2n) is 5.14. The van der Waals surface area contributed by atoms with Gasteiger partial charge in [0, 0.05) is 12.1 Å². The number of carbonyl (C=O) groups excluding carboxylic acids is 1. The van der Waals surface area contributed by atoms with E-state index in [1.54, 1.807) is 0 Å². The summed E-state index contributed by atoms with van der Waals surface area (Å²) in [5.74, 6) is -0.807. The smallest absolute Gasteiger partial charge is 0.339 e. The Morgan fingerprint density at radius 2 is 2.08 bits per heavy atom. The number of carbonyl (C=O) groups is 2. The third-order valence-corrected chi connectivity index (χ3v) is 3.38. The van der Waals surface area contributed by atoms with Crippen LogP contribution in [0.15, 0.2) is 28.7 Å². The number of nitro benzene ring substituents is 1. The van der Waals surface area contributed by atoms with E-state index in [-0.39, 0.29) is 41.7 Å². The number of furan rings is 1. The number of benzene rings is 1. The number of amides is 1. The second kappa shape index (κ2) is 8.01. The number of methoxy groups -OCH3 is 1. The van der Waals surface area contributed by atoms with Crippen LogP contribution in [-0.2, 0) is 11.3 Å². The van der Waals surface area contributed by atoms with Crippen molar-refractivity contribution in [2.75, 3.05) is 13.7 Å². The molecule has 26 heavy (non-hydrogen) atoms. The fourth-order valence-corrected chi connectivity index (χ4v) is 2.13. The van der Waals surface area contributed by atoms with Gasteiger partial charge < -0.3 is 24.3 Å². The van der Waals surface area contributed by atoms with Gasteiger partial charge in [0.05, 0.1) is 18.6 Å². The summed E-state index contributed by atoms with van der Waals surface area (Å²) in [7, 11) is 1.29. The van der Waals surface area contributed by atoms with E-state index in [1.807, 2.05) is 0 Å². The van der Waals surface area contributed by atoms with E-state index in [1.165, 1.54) is 38.3 Å². The molecule has 0 saturated heterocycles. The lowest BCUT2D eigenvalue weighted by Gasteiger charge is -2.08. The Morgan fingerprint density at radius 3 is 2.65 bits per heavy atom. The quantitative estimate of drug-likeness (QED) is 0.534. The number of aromatic carboxylic acids is 1. The molecule has 2 aromatic rings. The summed E-state index contributed by atoms with van der Waals surface area (Å²) in [5, 5.41) is 22.3. The zero-order valence-electron chi connectivity index (χ0n) is 14.0. The lowest BCUT2D eigenvalue weighted by atomic mass is 10.2. The molecule has 10 heteroatoms. The van der Waals surface area contributed by atoms with E-state index in [0.29, 0.717) is 5.76 Å². The van der Waals surface area contributed by atoms with Crippen molar-refractivity contribution in [3.8, 4) is 11.5 Å². The zero-order valence-corrected chi connectivity index (χ0v) is 14.0. The van der Waals surface area contributed by atoms with Crippen LogP contribution < -0.4 is 14.8 Å². The van der Waals surface area contributed by atoms with Crippen molar-refractivity contribution in [3.05, 3.63) is 51.5 Å². The minimum Gasteiger partial charge on any atom is -0.490 e. The lowest BCUT2D eigenvalue weighted by molar-refractivity contribution is -0.385. The average molecular weight is 364 g/mol. The third-order valence-electron chi connectivity index (χ3n) is 3.38. The Morgan fingerprint density at radius 1 is 1.35 bits per heavy atom. The number of hydrogen-bond acceptors (Lipinski definition) is 7. The molecule has 0 unspecified atom stereocenters. The van der Waals surface area contributed by atoms with Gasteiger partial charge in [-0.2, -0.15) is 0 Å². The van der Waals surface area contributed by atoms with Crippen molar-refractivity contribution < 1.29 is 33.5 Å². The Hall–Kier alpha value is -3.56. The number of nitrogens with one attached hydrogen (secondary N) is 1. The van der Waals surface area contributed by atoms with Crippen LogP contribution >= 0.6 is 0 Å². The molecular formula is C16H16N2O8. The first-order valence-electron chi connectivity index (χ1n) is 7.36. The summed E-state index contributed by atoms with van der Waals surface area (Å²) >= 11 is 0. The molecule has 2 N–H and O–H groups in total. The first-order chi connectivity index (χ1) is 12.3. The van der Waals surface area contributed by atoms with Crippen molar-refractivity contribution in [1.29, 1.82) is 0 Å². The van der Waals surface area contributed by atoms with E-state index < -0.39 is 16.8 Å². The highest BCUT2D eigenvalue weighted by molar-refractivity contribution is 5.88. The molecule has 2 rings (SSSR count). The van der Waals surface area contributed by atoms with Crippen LogP contribution in [0.1, 0.15) is 21.9 Å². The summed E-state index contributed by atoms with van der Waals surface area (Å²) in [6.07, 6.45) is 0. The fourth-order valence-electron chi connectivity index (χ4n) is 2.13. The normalized spacial score (nSPS) is 10.2. The molecule has 0 aliphatic rings. The van der Waals surface area contributed by atoms with E-state index in [2.05, 4.69) is 5.32 Å². The van der Waals surface area contributed by atoms with E-state index in [4.69, 9.17) is 19.0 Å². The van der Waals surface area contributed by atoms with Gasteiger partial charge in [-0.25, -0.2) is 4.79 Å². The molecule has 1 amide bonds. The fraction of sp³-hybridized carbons (Fsp3) is 0.250. The highest BCUT2D eigenvalue weighted by Crippen LogP contribution is 2.30. The molecule has 0 aliphatic carbocycles. The predicted molar refractivity (Wildman–Crippen MR) is 87.4 cm³/mol. The second-order valence-corrected chi connectivity index (χ2v) is 5.14. The Balaban J connectivity index is 1.90. The largest absolute Gasteiger partial charge is 0.490 e. The summed E-state index contributed by atoms with van der Waals surface area (Å²) in [4.78, 5) is 33.0. The minimum absolute atomic E-state index is 0.000103. The van der Waals surface area contributed by atoms with Crippen molar-refractivity contribution in [1.82, 2.24) is 5.32 Å².